The first-order chi connectivity index (χ1) is 13.1. The van der Waals surface area contributed by atoms with E-state index < -0.39 is 0 Å². The summed E-state index contributed by atoms with van der Waals surface area (Å²) >= 11 is 0. The molecule has 0 N–H and O–H groups in total. The molecule has 0 aliphatic carbocycles. The summed E-state index contributed by atoms with van der Waals surface area (Å²) in [5, 5.41) is 13.0. The lowest BCUT2D eigenvalue weighted by molar-refractivity contribution is -0.135. The number of aryl methyl sites for hydroxylation is 2. The van der Waals surface area contributed by atoms with Gasteiger partial charge in [0.05, 0.1) is 18.3 Å². The van der Waals surface area contributed by atoms with Crippen LogP contribution in [0, 0.1) is 13.8 Å². The minimum absolute atomic E-state index is 0.0709. The van der Waals surface area contributed by atoms with Crippen molar-refractivity contribution in [2.45, 2.75) is 72.1 Å². The van der Waals surface area contributed by atoms with Crippen molar-refractivity contribution < 1.29 is 9.32 Å². The number of amides is 1. The average molecular weight is 372 g/mol. The van der Waals surface area contributed by atoms with Gasteiger partial charge in [-0.3, -0.25) is 9.69 Å². The number of carbonyl (C=O) groups is 1. The lowest BCUT2D eigenvalue weighted by Crippen LogP contribution is -2.40. The quantitative estimate of drug-likeness (QED) is 0.820. The Kier molecular flexibility index (Phi) is 4.99. The molecule has 4 heterocycles. The van der Waals surface area contributed by atoms with Gasteiger partial charge >= 0.3 is 0 Å². The number of fused-ring (bicyclic) bond motifs is 1. The van der Waals surface area contributed by atoms with E-state index in [0.29, 0.717) is 6.42 Å². The van der Waals surface area contributed by atoms with Gasteiger partial charge in [-0.15, -0.1) is 10.2 Å². The lowest BCUT2D eigenvalue weighted by atomic mass is 10.0. The summed E-state index contributed by atoms with van der Waals surface area (Å²) < 4.78 is 7.52. The molecule has 2 aromatic heterocycles. The van der Waals surface area contributed by atoms with Gasteiger partial charge in [0.2, 0.25) is 5.91 Å². The van der Waals surface area contributed by atoms with E-state index in [1.165, 1.54) is 0 Å². The van der Waals surface area contributed by atoms with E-state index in [4.69, 9.17) is 4.52 Å². The van der Waals surface area contributed by atoms with Crippen molar-refractivity contribution in [3.63, 3.8) is 0 Å². The Labute approximate surface area is 159 Å². The van der Waals surface area contributed by atoms with Gasteiger partial charge in [0, 0.05) is 38.2 Å². The minimum Gasteiger partial charge on any atom is -0.361 e. The molecular formula is C19H28N6O2. The maximum Gasteiger partial charge on any atom is 0.222 e. The monoisotopic (exact) mass is 372 g/mol. The number of aromatic nitrogens is 4. The average Bonchev–Trinajstić information content (AvgIpc) is 3.25. The lowest BCUT2D eigenvalue weighted by Gasteiger charge is -2.36. The highest BCUT2D eigenvalue weighted by Crippen LogP contribution is 2.32. The molecule has 146 valence electrons. The van der Waals surface area contributed by atoms with Crippen LogP contribution in [0.3, 0.4) is 0 Å². The highest BCUT2D eigenvalue weighted by atomic mass is 16.5. The van der Waals surface area contributed by atoms with E-state index in [9.17, 15) is 4.79 Å². The van der Waals surface area contributed by atoms with Gasteiger partial charge in [-0.1, -0.05) is 12.1 Å². The summed E-state index contributed by atoms with van der Waals surface area (Å²) in [6, 6.07) is 0.0709. The Morgan fingerprint density at radius 3 is 2.78 bits per heavy atom. The molecule has 2 aliphatic heterocycles. The summed E-state index contributed by atoms with van der Waals surface area (Å²) in [7, 11) is 0. The zero-order valence-electron chi connectivity index (χ0n) is 16.4. The van der Waals surface area contributed by atoms with Crippen molar-refractivity contribution in [2.24, 2.45) is 0 Å². The van der Waals surface area contributed by atoms with Crippen LogP contribution in [0.1, 0.15) is 67.3 Å². The van der Waals surface area contributed by atoms with E-state index in [-0.39, 0.29) is 11.9 Å². The molecular weight excluding hydrogens is 344 g/mol. The van der Waals surface area contributed by atoms with Crippen molar-refractivity contribution in [1.82, 2.24) is 29.7 Å². The standard InChI is InChI=1S/C19H28N6O2/c1-4-18(26)24-8-6-5-7-16(24)19-21-20-17-12-23(9-10-25(17)19)11-15-13(2)22-27-14(15)3/h16H,4-12H2,1-3H3. The predicted molar refractivity (Wildman–Crippen MR) is 98.7 cm³/mol. The van der Waals surface area contributed by atoms with Crippen LogP contribution in [0.25, 0.3) is 0 Å². The smallest absolute Gasteiger partial charge is 0.222 e. The van der Waals surface area contributed by atoms with Gasteiger partial charge in [-0.2, -0.15) is 0 Å². The minimum atomic E-state index is 0.0709. The van der Waals surface area contributed by atoms with Crippen LogP contribution in [0.2, 0.25) is 0 Å². The second kappa shape index (κ2) is 7.42. The third kappa shape index (κ3) is 3.38. The van der Waals surface area contributed by atoms with Crippen molar-refractivity contribution in [1.29, 1.82) is 0 Å². The predicted octanol–water partition coefficient (Wildman–Crippen LogP) is 2.36. The number of nitrogens with zero attached hydrogens (tertiary/aromatic N) is 6. The number of rotatable bonds is 4. The van der Waals surface area contributed by atoms with Gasteiger partial charge < -0.3 is 14.0 Å². The number of carbonyl (C=O) groups excluding carboxylic acids is 1. The topological polar surface area (TPSA) is 80.3 Å². The Morgan fingerprint density at radius 2 is 2.04 bits per heavy atom. The molecule has 1 fully saturated rings. The molecule has 0 saturated carbocycles. The van der Waals surface area contributed by atoms with Gasteiger partial charge in [-0.05, 0) is 33.1 Å². The van der Waals surface area contributed by atoms with Crippen LogP contribution in [-0.4, -0.2) is 48.7 Å². The zero-order chi connectivity index (χ0) is 19.0. The fourth-order valence-corrected chi connectivity index (χ4v) is 4.26. The van der Waals surface area contributed by atoms with Crippen LogP contribution in [0.4, 0.5) is 0 Å². The molecule has 0 spiro atoms. The van der Waals surface area contributed by atoms with E-state index in [0.717, 1.165) is 80.7 Å². The SMILES string of the molecule is CCC(=O)N1CCCCC1c1nnc2n1CCN(Cc1c(C)noc1C)C2. The molecule has 27 heavy (non-hydrogen) atoms. The molecule has 1 atom stereocenters. The van der Waals surface area contributed by atoms with Crippen molar-refractivity contribution in [3.8, 4) is 0 Å². The summed E-state index contributed by atoms with van der Waals surface area (Å²) in [6.45, 7) is 10.1. The van der Waals surface area contributed by atoms with Crippen LogP contribution >= 0.6 is 0 Å². The van der Waals surface area contributed by atoms with Crippen molar-refractivity contribution >= 4 is 5.91 Å². The molecule has 2 aliphatic rings. The van der Waals surface area contributed by atoms with Crippen LogP contribution in [-0.2, 0) is 24.4 Å². The fourth-order valence-electron chi connectivity index (χ4n) is 4.26. The molecule has 1 unspecified atom stereocenters. The Morgan fingerprint density at radius 1 is 1.19 bits per heavy atom. The highest BCUT2D eigenvalue weighted by molar-refractivity contribution is 5.76. The van der Waals surface area contributed by atoms with Crippen LogP contribution in [0.5, 0.6) is 0 Å². The Balaban J connectivity index is 1.52. The van der Waals surface area contributed by atoms with Gasteiger partial charge in [-0.25, -0.2) is 0 Å². The Bertz CT molecular complexity index is 807. The van der Waals surface area contributed by atoms with E-state index >= 15 is 0 Å². The number of hydrogen-bond donors (Lipinski definition) is 0. The number of likely N-dealkylation sites (tertiary alicyclic amines) is 1. The van der Waals surface area contributed by atoms with E-state index in [2.05, 4.69) is 24.8 Å². The van der Waals surface area contributed by atoms with Crippen molar-refractivity contribution in [2.75, 3.05) is 13.1 Å². The van der Waals surface area contributed by atoms with Crippen LogP contribution in [0.15, 0.2) is 4.52 Å². The van der Waals surface area contributed by atoms with Gasteiger partial charge in [0.15, 0.2) is 5.82 Å². The molecule has 0 radical (unpaired) electrons. The number of piperidine rings is 1. The molecule has 4 rings (SSSR count). The molecule has 2 aromatic rings. The second-order valence-corrected chi connectivity index (χ2v) is 7.59. The summed E-state index contributed by atoms with van der Waals surface area (Å²) in [6.07, 6.45) is 3.74. The third-order valence-corrected chi connectivity index (χ3v) is 5.85. The molecule has 8 heteroatoms. The second-order valence-electron chi connectivity index (χ2n) is 7.59. The first kappa shape index (κ1) is 18.2. The normalized spacial score (nSPS) is 20.7. The van der Waals surface area contributed by atoms with Gasteiger partial charge in [0.25, 0.3) is 0 Å². The molecule has 0 aromatic carbocycles. The van der Waals surface area contributed by atoms with Crippen LogP contribution < -0.4 is 0 Å². The van der Waals surface area contributed by atoms with E-state index in [1.54, 1.807) is 0 Å². The third-order valence-electron chi connectivity index (χ3n) is 5.85. The Hall–Kier alpha value is -2.22. The largest absolute Gasteiger partial charge is 0.361 e. The summed E-state index contributed by atoms with van der Waals surface area (Å²) in [5.74, 6) is 3.05. The zero-order valence-corrected chi connectivity index (χ0v) is 16.4. The fraction of sp³-hybridized carbons (Fsp3) is 0.684. The maximum absolute atomic E-state index is 12.4. The molecule has 8 nitrogen and oxygen atoms in total. The summed E-state index contributed by atoms with van der Waals surface area (Å²) in [4.78, 5) is 16.7. The first-order valence-electron chi connectivity index (χ1n) is 9.94. The molecule has 0 bridgehead atoms. The number of hydrogen-bond acceptors (Lipinski definition) is 6. The van der Waals surface area contributed by atoms with Crippen molar-refractivity contribution in [3.05, 3.63) is 28.7 Å². The highest BCUT2D eigenvalue weighted by Gasteiger charge is 2.33. The summed E-state index contributed by atoms with van der Waals surface area (Å²) in [5.41, 5.74) is 2.12. The molecule has 1 saturated heterocycles. The maximum atomic E-state index is 12.4. The van der Waals surface area contributed by atoms with Gasteiger partial charge in [0.1, 0.15) is 11.6 Å². The first-order valence-corrected chi connectivity index (χ1v) is 9.94. The van der Waals surface area contributed by atoms with E-state index in [1.807, 2.05) is 25.7 Å². The molecule has 1 amide bonds.